The van der Waals surface area contributed by atoms with Gasteiger partial charge in [-0.2, -0.15) is 0 Å². The van der Waals surface area contributed by atoms with Crippen LogP contribution in [-0.4, -0.2) is 18.7 Å². The Kier molecular flexibility index (Phi) is 5.40. The molecule has 0 aromatic heterocycles. The van der Waals surface area contributed by atoms with E-state index in [9.17, 15) is 4.79 Å². The minimum atomic E-state index is -0.239. The van der Waals surface area contributed by atoms with Gasteiger partial charge in [-0.1, -0.05) is 24.8 Å². The average molecular weight is 222 g/mol. The molecule has 0 bridgehead atoms. The van der Waals surface area contributed by atoms with E-state index in [1.165, 1.54) is 0 Å². The zero-order valence-corrected chi connectivity index (χ0v) is 9.59. The van der Waals surface area contributed by atoms with Crippen LogP contribution < -0.4 is 0 Å². The highest BCUT2D eigenvalue weighted by Gasteiger charge is 2.16. The molecule has 0 spiro atoms. The Hall–Kier alpha value is -1.51. The highest BCUT2D eigenvalue weighted by atomic mass is 16.6. The van der Waals surface area contributed by atoms with Gasteiger partial charge in [-0.25, -0.2) is 0 Å². The number of rotatable bonds is 5. The summed E-state index contributed by atoms with van der Waals surface area (Å²) in [5.41, 5.74) is 0. The van der Waals surface area contributed by atoms with Crippen LogP contribution in [0.15, 0.2) is 37.1 Å². The first-order chi connectivity index (χ1) is 7.74. The van der Waals surface area contributed by atoms with Crippen molar-refractivity contribution in [3.05, 3.63) is 37.1 Å². The van der Waals surface area contributed by atoms with Gasteiger partial charge in [0.2, 0.25) is 0 Å². The van der Waals surface area contributed by atoms with Gasteiger partial charge in [0.1, 0.15) is 12.7 Å². The summed E-state index contributed by atoms with van der Waals surface area (Å²) < 4.78 is 10.5. The van der Waals surface area contributed by atoms with Crippen LogP contribution in [0.5, 0.6) is 0 Å². The molecule has 0 aromatic rings. The average Bonchev–Trinajstić information content (AvgIpc) is 2.34. The molecule has 0 fully saturated rings. The van der Waals surface area contributed by atoms with Gasteiger partial charge in [0.15, 0.2) is 0 Å². The molecule has 2 atom stereocenters. The number of hydrogen-bond donors (Lipinski definition) is 0. The van der Waals surface area contributed by atoms with Crippen molar-refractivity contribution in [3.63, 3.8) is 0 Å². The molecule has 3 heteroatoms. The van der Waals surface area contributed by atoms with E-state index >= 15 is 0 Å². The number of ether oxygens (including phenoxy) is 2. The van der Waals surface area contributed by atoms with Gasteiger partial charge in [0, 0.05) is 0 Å². The Labute approximate surface area is 96.4 Å². The van der Waals surface area contributed by atoms with Crippen molar-refractivity contribution < 1.29 is 14.3 Å². The van der Waals surface area contributed by atoms with Crippen LogP contribution in [0.3, 0.4) is 0 Å². The first-order valence-corrected chi connectivity index (χ1v) is 5.50. The van der Waals surface area contributed by atoms with Crippen molar-refractivity contribution in [2.24, 2.45) is 5.92 Å². The van der Waals surface area contributed by atoms with Crippen molar-refractivity contribution in [3.8, 4) is 0 Å². The normalized spacial score (nSPS) is 21.4. The molecular weight excluding hydrogens is 204 g/mol. The molecule has 0 aliphatic carbocycles. The zero-order chi connectivity index (χ0) is 11.8. The first-order valence-electron chi connectivity index (χ1n) is 5.50. The molecule has 1 aliphatic heterocycles. The second-order valence-electron chi connectivity index (χ2n) is 3.75. The third kappa shape index (κ3) is 4.34. The molecule has 3 nitrogen and oxygen atoms in total. The Balaban J connectivity index is 2.26. The lowest BCUT2D eigenvalue weighted by Gasteiger charge is -2.19. The number of carbonyl (C=O) groups excluding carboxylic acids is 1. The zero-order valence-electron chi connectivity index (χ0n) is 9.59. The van der Waals surface area contributed by atoms with Crippen LogP contribution in [-0.2, 0) is 14.3 Å². The van der Waals surface area contributed by atoms with Crippen LogP contribution in [0, 0.1) is 5.92 Å². The SMILES string of the molecule is C=C/C=C/C(C)C(=O)OCC1CCC=CO1. The molecule has 0 aromatic carbocycles. The monoisotopic (exact) mass is 222 g/mol. The van der Waals surface area contributed by atoms with E-state index < -0.39 is 0 Å². The summed E-state index contributed by atoms with van der Waals surface area (Å²) in [4.78, 5) is 11.5. The summed E-state index contributed by atoms with van der Waals surface area (Å²) in [6.07, 6.45) is 10.7. The fraction of sp³-hybridized carbons (Fsp3) is 0.462. The van der Waals surface area contributed by atoms with Gasteiger partial charge < -0.3 is 9.47 Å². The van der Waals surface area contributed by atoms with Crippen LogP contribution >= 0.6 is 0 Å². The molecule has 0 saturated heterocycles. The summed E-state index contributed by atoms with van der Waals surface area (Å²) in [6, 6.07) is 0. The second-order valence-corrected chi connectivity index (χ2v) is 3.75. The standard InChI is InChI=1S/C13H18O3/c1-3-4-7-11(2)13(14)16-10-12-8-5-6-9-15-12/h3-4,6-7,9,11-12H,1,5,8,10H2,2H3/b7-4+. The van der Waals surface area contributed by atoms with Crippen molar-refractivity contribution in [2.45, 2.75) is 25.9 Å². The van der Waals surface area contributed by atoms with Crippen molar-refractivity contribution in [1.29, 1.82) is 0 Å². The molecule has 0 amide bonds. The van der Waals surface area contributed by atoms with Crippen LogP contribution in [0.4, 0.5) is 0 Å². The van der Waals surface area contributed by atoms with Gasteiger partial charge in [-0.3, -0.25) is 4.79 Å². The van der Waals surface area contributed by atoms with Crippen LogP contribution in [0.2, 0.25) is 0 Å². The van der Waals surface area contributed by atoms with Crippen LogP contribution in [0.25, 0.3) is 0 Å². The number of carbonyl (C=O) groups is 1. The third-order valence-corrected chi connectivity index (χ3v) is 2.34. The van der Waals surface area contributed by atoms with Gasteiger partial charge in [0.05, 0.1) is 12.2 Å². The molecule has 1 aliphatic rings. The second kappa shape index (κ2) is 6.88. The molecule has 2 unspecified atom stereocenters. The summed E-state index contributed by atoms with van der Waals surface area (Å²) in [7, 11) is 0. The lowest BCUT2D eigenvalue weighted by Crippen LogP contribution is -2.24. The maximum absolute atomic E-state index is 11.5. The number of allylic oxidation sites excluding steroid dienone is 3. The topological polar surface area (TPSA) is 35.5 Å². The molecule has 1 rings (SSSR count). The summed E-state index contributed by atoms with van der Waals surface area (Å²) in [5, 5.41) is 0. The molecule has 0 radical (unpaired) electrons. The van der Waals surface area contributed by atoms with E-state index in [0.717, 1.165) is 12.8 Å². The van der Waals surface area contributed by atoms with E-state index in [0.29, 0.717) is 6.61 Å². The first kappa shape index (κ1) is 12.6. The summed E-state index contributed by atoms with van der Waals surface area (Å²) in [5.74, 6) is -0.464. The smallest absolute Gasteiger partial charge is 0.312 e. The predicted molar refractivity (Wildman–Crippen MR) is 62.7 cm³/mol. The largest absolute Gasteiger partial charge is 0.495 e. The minimum Gasteiger partial charge on any atom is -0.495 e. The fourth-order valence-corrected chi connectivity index (χ4v) is 1.34. The van der Waals surface area contributed by atoms with Crippen molar-refractivity contribution >= 4 is 5.97 Å². The van der Waals surface area contributed by atoms with Crippen molar-refractivity contribution in [1.82, 2.24) is 0 Å². The van der Waals surface area contributed by atoms with Gasteiger partial charge in [-0.15, -0.1) is 0 Å². The predicted octanol–water partition coefficient (Wildman–Crippen LogP) is 2.60. The van der Waals surface area contributed by atoms with Crippen LogP contribution in [0.1, 0.15) is 19.8 Å². The van der Waals surface area contributed by atoms with E-state index in [2.05, 4.69) is 6.58 Å². The molecule has 1 heterocycles. The van der Waals surface area contributed by atoms with E-state index in [-0.39, 0.29) is 18.0 Å². The Morgan fingerprint density at radius 2 is 2.56 bits per heavy atom. The molecule has 0 N–H and O–H groups in total. The Bertz CT molecular complexity index is 292. The summed E-state index contributed by atoms with van der Waals surface area (Å²) in [6.45, 7) is 5.67. The Morgan fingerprint density at radius 3 is 3.19 bits per heavy atom. The summed E-state index contributed by atoms with van der Waals surface area (Å²) >= 11 is 0. The van der Waals surface area contributed by atoms with E-state index in [1.807, 2.05) is 6.08 Å². The minimum absolute atomic E-state index is 0.00420. The highest BCUT2D eigenvalue weighted by molar-refractivity contribution is 5.74. The quantitative estimate of drug-likeness (QED) is 0.530. The van der Waals surface area contributed by atoms with Gasteiger partial charge >= 0.3 is 5.97 Å². The lowest BCUT2D eigenvalue weighted by molar-refractivity contribution is -0.149. The molecular formula is C13H18O3. The molecule has 0 saturated carbocycles. The third-order valence-electron chi connectivity index (χ3n) is 2.34. The number of hydrogen-bond acceptors (Lipinski definition) is 3. The molecule has 16 heavy (non-hydrogen) atoms. The van der Waals surface area contributed by atoms with Crippen molar-refractivity contribution in [2.75, 3.05) is 6.61 Å². The van der Waals surface area contributed by atoms with Gasteiger partial charge in [-0.05, 0) is 25.8 Å². The van der Waals surface area contributed by atoms with Gasteiger partial charge in [0.25, 0.3) is 0 Å². The molecule has 88 valence electrons. The number of esters is 1. The van der Waals surface area contributed by atoms with E-state index in [1.54, 1.807) is 31.4 Å². The maximum Gasteiger partial charge on any atom is 0.312 e. The fourth-order valence-electron chi connectivity index (χ4n) is 1.34. The maximum atomic E-state index is 11.5. The van der Waals surface area contributed by atoms with E-state index in [4.69, 9.17) is 9.47 Å². The lowest BCUT2D eigenvalue weighted by atomic mass is 10.1. The highest BCUT2D eigenvalue weighted by Crippen LogP contribution is 2.11. The Morgan fingerprint density at radius 1 is 1.75 bits per heavy atom.